The van der Waals surface area contributed by atoms with Crippen LogP contribution >= 0.6 is 0 Å². The van der Waals surface area contributed by atoms with Gasteiger partial charge in [-0.2, -0.15) is 0 Å². The molecular weight excluding hydrogens is 1630 g/mol. The van der Waals surface area contributed by atoms with E-state index in [1.807, 2.05) is 0 Å². The monoisotopic (exact) mass is 1860 g/mol. The van der Waals surface area contributed by atoms with Crippen LogP contribution in [0.5, 0.6) is 0 Å². The molecule has 22 aliphatic rings. The third-order valence-corrected chi connectivity index (χ3v) is 52.6. The largest absolute Gasteiger partial charge is 0.0622 e. The number of benzene rings is 1. The van der Waals surface area contributed by atoms with Crippen molar-refractivity contribution in [2.75, 3.05) is 0 Å². The quantitative estimate of drug-likeness (QED) is 0.137. The van der Waals surface area contributed by atoms with Crippen LogP contribution in [0.3, 0.4) is 0 Å². The van der Waals surface area contributed by atoms with Crippen LogP contribution in [0.2, 0.25) is 0 Å². The second kappa shape index (κ2) is 48.7. The van der Waals surface area contributed by atoms with Crippen LogP contribution in [0.4, 0.5) is 0 Å². The first-order valence-corrected chi connectivity index (χ1v) is 66.0. The molecule has 22 aliphatic carbocycles. The van der Waals surface area contributed by atoms with E-state index in [-0.39, 0.29) is 0 Å². The van der Waals surface area contributed by atoms with Crippen LogP contribution in [-0.4, -0.2) is 0 Å². The highest BCUT2D eigenvalue weighted by atomic mass is 14.6. The molecule has 21 fully saturated rings. The van der Waals surface area contributed by atoms with Gasteiger partial charge >= 0.3 is 0 Å². The fourth-order valence-electron chi connectivity index (χ4n) is 44.9. The van der Waals surface area contributed by atoms with Crippen molar-refractivity contribution in [1.29, 1.82) is 0 Å². The summed E-state index contributed by atoms with van der Waals surface area (Å²) >= 11 is 0. The molecule has 136 heavy (non-hydrogen) atoms. The molecule has 0 radical (unpaired) electrons. The van der Waals surface area contributed by atoms with Crippen LogP contribution in [0.15, 0.2) is 12.1 Å². The molecule has 21 saturated carbocycles. The first-order chi connectivity index (χ1) is 66.9. The van der Waals surface area contributed by atoms with Crippen LogP contribution in [0, 0.1) is 251 Å². The molecule has 0 nitrogen and oxygen atoms in total. The summed E-state index contributed by atoms with van der Waals surface area (Å²) in [5, 5.41) is 0. The molecule has 14 atom stereocenters. The Morgan fingerprint density at radius 3 is 0.581 bits per heavy atom. The Balaban J connectivity index is 0.000000133. The van der Waals surface area contributed by atoms with E-state index in [1.165, 1.54) is 75.3 Å². The molecule has 0 aromatic heterocycles. The summed E-state index contributed by atoms with van der Waals surface area (Å²) in [6.07, 6.45) is 130. The molecule has 0 amide bonds. The van der Waals surface area contributed by atoms with Gasteiger partial charge in [-0.25, -0.2) is 0 Å². The number of rotatable bonds is 18. The second-order valence-corrected chi connectivity index (χ2v) is 58.6. The molecule has 0 saturated heterocycles. The van der Waals surface area contributed by atoms with Gasteiger partial charge in [0.25, 0.3) is 0 Å². The fraction of sp³-hybridized carbons (Fsp3) is 0.956. The molecule has 0 N–H and O–H groups in total. The highest BCUT2D eigenvalue weighted by molar-refractivity contribution is 5.45. The second-order valence-electron chi connectivity index (χ2n) is 58.6. The van der Waals surface area contributed by atoms with Gasteiger partial charge in [0.15, 0.2) is 0 Å². The third-order valence-electron chi connectivity index (χ3n) is 52.6. The van der Waals surface area contributed by atoms with Crippen LogP contribution in [0.1, 0.15) is 588 Å². The number of aryl methyl sites for hydroxylation is 2. The minimum atomic E-state index is 0.840. The Labute approximate surface area is 845 Å². The average Bonchev–Trinajstić information content (AvgIpc) is 1.08. The summed E-state index contributed by atoms with van der Waals surface area (Å²) in [4.78, 5) is 0. The molecule has 1 aromatic carbocycles. The van der Waals surface area contributed by atoms with Crippen molar-refractivity contribution in [1.82, 2.24) is 0 Å². The van der Waals surface area contributed by atoms with Crippen LogP contribution < -0.4 is 0 Å². The lowest BCUT2D eigenvalue weighted by Crippen LogP contribution is -2.43. The van der Waals surface area contributed by atoms with Crippen molar-refractivity contribution < 1.29 is 0 Å². The molecule has 0 heterocycles. The van der Waals surface area contributed by atoms with Gasteiger partial charge < -0.3 is 0 Å². The molecule has 0 spiro atoms. The predicted molar refractivity (Wildman–Crippen MR) is 582 cm³/mol. The number of hydrogen-bond donors (Lipinski definition) is 0. The maximum atomic E-state index is 2.59. The smallest absolute Gasteiger partial charge is 0.0125 e. The maximum absolute atomic E-state index is 2.59. The van der Waals surface area contributed by atoms with Crippen LogP contribution in [-0.2, 0) is 0 Å². The highest BCUT2D eigenvalue weighted by Gasteiger charge is 2.57. The van der Waals surface area contributed by atoms with Crippen molar-refractivity contribution in [3.8, 4) is 0 Å². The van der Waals surface area contributed by atoms with Gasteiger partial charge in [-0.1, -0.05) is 277 Å². The maximum Gasteiger partial charge on any atom is -0.0125 e. The molecule has 0 heteroatoms. The minimum absolute atomic E-state index is 0.840. The van der Waals surface area contributed by atoms with E-state index in [2.05, 4.69) is 53.7 Å². The van der Waals surface area contributed by atoms with E-state index in [4.69, 9.17) is 0 Å². The van der Waals surface area contributed by atoms with Crippen molar-refractivity contribution in [2.45, 2.75) is 580 Å². The lowest BCUT2D eigenvalue weighted by molar-refractivity contribution is 0.00793. The van der Waals surface area contributed by atoms with Gasteiger partial charge in [-0.05, 0) is 574 Å². The summed E-state index contributed by atoms with van der Waals surface area (Å²) < 4.78 is 0. The predicted octanol–water partition coefficient (Wildman–Crippen LogP) is 41.5. The molecule has 0 bridgehead atoms. The molecule has 14 unspecified atom stereocenters. The van der Waals surface area contributed by atoms with Gasteiger partial charge in [0.2, 0.25) is 0 Å². The standard InChI is InChI=1S/C62H106.C50H84.C24H36/c1-5-13-45(14-6-1)49-21-33-55(34-22-49)61(56-35-23-50(24-36-56)46-15-7-2-8-16-46)59-41-29-53(30-42-59)54-31-43-60(44-32-54)62(57-37-25-51(26-38-57)47-17-9-3-10-18-47)58-39-27-52(28-40-58)48-19-11-4-12-20-48;1-4-12-35(13-5-1)37-20-26-41(27-21-37)49(42-28-22-38(23-29-42)36-14-6-2-7-15-36)43-30-24-39(25-31-43)44-32-33-47-48(34-44)45-18-10-11-19-46(45)50(47)40-16-8-3-9-17-40;1-13-7-19-20(8-14(13)2)22-10-16(4)18(6)12-24(22)23-11-17(5)15(3)9-21(19)23/h45-62H,1-44H2;35-50H,1-34H2;7-8,15-18,21-24H,9-12H2,1-6H3. The van der Waals surface area contributed by atoms with Crippen molar-refractivity contribution in [2.24, 2.45) is 237 Å². The molecule has 0 aliphatic heterocycles. The van der Waals surface area contributed by atoms with Gasteiger partial charge in [0, 0.05) is 0 Å². The Hall–Kier alpha value is -0.780. The minimum Gasteiger partial charge on any atom is -0.0622 e. The molecule has 23 rings (SSSR count). The van der Waals surface area contributed by atoms with Crippen molar-refractivity contribution in [3.63, 3.8) is 0 Å². The lowest BCUT2D eigenvalue weighted by Gasteiger charge is -2.54. The fourth-order valence-corrected chi connectivity index (χ4v) is 44.9. The summed E-state index contributed by atoms with van der Waals surface area (Å²) in [6, 6.07) is 5.17. The number of hydrogen-bond acceptors (Lipinski definition) is 0. The first-order valence-electron chi connectivity index (χ1n) is 66.0. The van der Waals surface area contributed by atoms with E-state index in [0.717, 1.165) is 249 Å². The van der Waals surface area contributed by atoms with E-state index >= 15 is 0 Å². The zero-order valence-electron chi connectivity index (χ0n) is 91.4. The van der Waals surface area contributed by atoms with Crippen LogP contribution in [0.25, 0.3) is 0 Å². The Morgan fingerprint density at radius 1 is 0.154 bits per heavy atom. The van der Waals surface area contributed by atoms with E-state index in [1.54, 1.807) is 473 Å². The van der Waals surface area contributed by atoms with E-state index in [0.29, 0.717) is 0 Å². The molecule has 770 valence electrons. The zero-order valence-corrected chi connectivity index (χ0v) is 91.4. The van der Waals surface area contributed by atoms with Gasteiger partial charge in [-0.3, -0.25) is 0 Å². The Morgan fingerprint density at radius 2 is 0.338 bits per heavy atom. The molecule has 1 aromatic rings. The number of fused-ring (bicyclic) bond motifs is 9. The van der Waals surface area contributed by atoms with Crippen molar-refractivity contribution in [3.05, 3.63) is 34.4 Å². The summed E-state index contributed by atoms with van der Waals surface area (Å²) in [5.74, 6) is 44.9. The molecular formula is C136H226. The summed E-state index contributed by atoms with van der Waals surface area (Å²) in [6.45, 7) is 14.7. The summed E-state index contributed by atoms with van der Waals surface area (Å²) in [7, 11) is 0. The lowest BCUT2D eigenvalue weighted by atomic mass is 9.51. The third kappa shape index (κ3) is 23.7. The first kappa shape index (κ1) is 101. The Kier molecular flexibility index (Phi) is 36.2. The van der Waals surface area contributed by atoms with Gasteiger partial charge in [-0.15, -0.1) is 0 Å². The highest BCUT2D eigenvalue weighted by Crippen LogP contribution is 2.67. The van der Waals surface area contributed by atoms with E-state index in [9.17, 15) is 0 Å². The van der Waals surface area contributed by atoms with E-state index < -0.39 is 0 Å². The SMILES string of the molecule is C1CCC(C2CCC(C(C3CCC(C4CCCCC4)CC3)C3CCC(C4CCC(C(C5CCC(C6CCCCC6)CC5)C5CCC(C6CCCCC6)CC5)CC4)CC3)CC2)CC1.C1CCC(C2CCC(C(C3CCC(C4CCCCC4)CC3)C3CCC(C4CCC5C(C4)C4CCCCC4C5C4CCCCC4)CC3)CC2)CC1.Cc1cc2c(cc1C)C1CC(C)C(C)CC1C1CC(C)C(C)CC21. The van der Waals surface area contributed by atoms with Gasteiger partial charge in [0.1, 0.15) is 0 Å². The summed E-state index contributed by atoms with van der Waals surface area (Å²) in [5.41, 5.74) is 6.53. The van der Waals surface area contributed by atoms with Crippen molar-refractivity contribution >= 4 is 0 Å². The average molecular weight is 1860 g/mol. The topological polar surface area (TPSA) is 0 Å². The zero-order chi connectivity index (χ0) is 92.0. The van der Waals surface area contributed by atoms with Gasteiger partial charge in [0.05, 0.1) is 0 Å². The normalized spacial score (nSPS) is 44.6. The Bertz CT molecular complexity index is 3320.